The highest BCUT2D eigenvalue weighted by atomic mass is 32.1. The molecule has 110 valence electrons. The largest absolute Gasteiger partial charge is 0.310 e. The molecule has 1 atom stereocenters. The molecule has 0 aromatic carbocycles. The van der Waals surface area contributed by atoms with Gasteiger partial charge in [0.15, 0.2) is 0 Å². The molecule has 2 heterocycles. The topological polar surface area (TPSA) is 29.9 Å². The summed E-state index contributed by atoms with van der Waals surface area (Å²) >= 11 is 1.78. The number of hydrogen-bond donors (Lipinski definition) is 1. The molecule has 0 saturated heterocycles. The first-order valence-corrected chi connectivity index (χ1v) is 8.45. The minimum atomic E-state index is 0.415. The van der Waals surface area contributed by atoms with Gasteiger partial charge in [0.05, 0.1) is 5.69 Å². The third-order valence-corrected chi connectivity index (χ3v) is 4.32. The summed E-state index contributed by atoms with van der Waals surface area (Å²) in [5, 5.41) is 12.7. The number of thiophene rings is 1. The van der Waals surface area contributed by atoms with Gasteiger partial charge in [-0.05, 0) is 54.6 Å². The monoisotopic (exact) mass is 291 g/mol. The van der Waals surface area contributed by atoms with E-state index in [-0.39, 0.29) is 0 Å². The Kier molecular flexibility index (Phi) is 5.80. The number of aryl methyl sites for hydroxylation is 3. The molecular weight excluding hydrogens is 266 g/mol. The van der Waals surface area contributed by atoms with Gasteiger partial charge in [0.25, 0.3) is 0 Å². The van der Waals surface area contributed by atoms with E-state index >= 15 is 0 Å². The van der Waals surface area contributed by atoms with E-state index < -0.39 is 0 Å². The van der Waals surface area contributed by atoms with Crippen molar-refractivity contribution in [2.75, 3.05) is 6.54 Å². The highest BCUT2D eigenvalue weighted by Gasteiger charge is 2.17. The van der Waals surface area contributed by atoms with Crippen molar-refractivity contribution in [3.63, 3.8) is 0 Å². The minimum absolute atomic E-state index is 0.415. The van der Waals surface area contributed by atoms with E-state index in [2.05, 4.69) is 47.3 Å². The first kappa shape index (κ1) is 15.3. The lowest BCUT2D eigenvalue weighted by Crippen LogP contribution is -2.23. The van der Waals surface area contributed by atoms with E-state index in [1.165, 1.54) is 16.8 Å². The molecule has 1 unspecified atom stereocenters. The molecule has 20 heavy (non-hydrogen) atoms. The molecule has 0 amide bonds. The molecule has 1 N–H and O–H groups in total. The SMILES string of the molecule is CCCNC(CCc1ccsc1)c1cn(C)nc1CC. The van der Waals surface area contributed by atoms with Crippen molar-refractivity contribution < 1.29 is 0 Å². The second-order valence-corrected chi connectivity index (χ2v) is 6.02. The summed E-state index contributed by atoms with van der Waals surface area (Å²) in [6.07, 6.45) is 6.60. The number of nitrogens with one attached hydrogen (secondary N) is 1. The quantitative estimate of drug-likeness (QED) is 0.803. The highest BCUT2D eigenvalue weighted by molar-refractivity contribution is 7.07. The van der Waals surface area contributed by atoms with Crippen LogP contribution in [0.5, 0.6) is 0 Å². The first-order valence-electron chi connectivity index (χ1n) is 7.51. The van der Waals surface area contributed by atoms with Crippen LogP contribution in [-0.4, -0.2) is 16.3 Å². The molecule has 3 nitrogen and oxygen atoms in total. The summed E-state index contributed by atoms with van der Waals surface area (Å²) in [6, 6.07) is 2.64. The van der Waals surface area contributed by atoms with Gasteiger partial charge in [0.2, 0.25) is 0 Å². The average Bonchev–Trinajstić information content (AvgIpc) is 3.08. The van der Waals surface area contributed by atoms with Crippen molar-refractivity contribution in [3.8, 4) is 0 Å². The van der Waals surface area contributed by atoms with E-state index in [9.17, 15) is 0 Å². The Morgan fingerprint density at radius 2 is 2.25 bits per heavy atom. The van der Waals surface area contributed by atoms with Crippen LogP contribution in [0.25, 0.3) is 0 Å². The molecule has 0 aliphatic rings. The molecule has 0 aliphatic carbocycles. The second-order valence-electron chi connectivity index (χ2n) is 5.24. The van der Waals surface area contributed by atoms with Crippen molar-refractivity contribution in [1.29, 1.82) is 0 Å². The van der Waals surface area contributed by atoms with E-state index in [1.54, 1.807) is 11.3 Å². The van der Waals surface area contributed by atoms with Gasteiger partial charge in [-0.15, -0.1) is 0 Å². The molecular formula is C16H25N3S. The summed E-state index contributed by atoms with van der Waals surface area (Å²) in [5.74, 6) is 0. The predicted molar refractivity (Wildman–Crippen MR) is 86.3 cm³/mol. The van der Waals surface area contributed by atoms with Gasteiger partial charge in [-0.1, -0.05) is 13.8 Å². The molecule has 0 aliphatic heterocycles. The Hall–Kier alpha value is -1.13. The van der Waals surface area contributed by atoms with Gasteiger partial charge in [0, 0.05) is 24.8 Å². The molecule has 2 rings (SSSR count). The minimum Gasteiger partial charge on any atom is -0.310 e. The molecule has 0 radical (unpaired) electrons. The molecule has 0 spiro atoms. The summed E-state index contributed by atoms with van der Waals surface area (Å²) < 4.78 is 1.94. The first-order chi connectivity index (χ1) is 9.74. The summed E-state index contributed by atoms with van der Waals surface area (Å²) in [7, 11) is 2.01. The van der Waals surface area contributed by atoms with Gasteiger partial charge in [-0.25, -0.2) is 0 Å². The Morgan fingerprint density at radius 1 is 1.40 bits per heavy atom. The molecule has 0 bridgehead atoms. The fourth-order valence-corrected chi connectivity index (χ4v) is 3.25. The lowest BCUT2D eigenvalue weighted by molar-refractivity contribution is 0.496. The van der Waals surface area contributed by atoms with Crippen molar-refractivity contribution in [3.05, 3.63) is 39.8 Å². The van der Waals surface area contributed by atoms with Gasteiger partial charge in [0.1, 0.15) is 0 Å². The van der Waals surface area contributed by atoms with Crippen molar-refractivity contribution in [2.24, 2.45) is 7.05 Å². The zero-order valence-electron chi connectivity index (χ0n) is 12.7. The van der Waals surface area contributed by atoms with Crippen molar-refractivity contribution in [1.82, 2.24) is 15.1 Å². The smallest absolute Gasteiger partial charge is 0.0669 e. The van der Waals surface area contributed by atoms with Crippen LogP contribution in [-0.2, 0) is 19.9 Å². The van der Waals surface area contributed by atoms with Crippen LogP contribution in [0, 0.1) is 0 Å². The van der Waals surface area contributed by atoms with Crippen LogP contribution in [0.1, 0.15) is 49.6 Å². The van der Waals surface area contributed by atoms with Crippen LogP contribution in [0.2, 0.25) is 0 Å². The van der Waals surface area contributed by atoms with Gasteiger partial charge < -0.3 is 5.32 Å². The maximum absolute atomic E-state index is 4.58. The summed E-state index contributed by atoms with van der Waals surface area (Å²) in [6.45, 7) is 5.46. The molecule has 0 saturated carbocycles. The Labute approximate surface area is 126 Å². The maximum Gasteiger partial charge on any atom is 0.0669 e. The fraction of sp³-hybridized carbons (Fsp3) is 0.562. The van der Waals surface area contributed by atoms with Crippen LogP contribution in [0.4, 0.5) is 0 Å². The van der Waals surface area contributed by atoms with Gasteiger partial charge >= 0.3 is 0 Å². The Bertz CT molecular complexity index is 502. The molecule has 2 aromatic heterocycles. The third kappa shape index (κ3) is 3.93. The lowest BCUT2D eigenvalue weighted by Gasteiger charge is -2.18. The van der Waals surface area contributed by atoms with Crippen molar-refractivity contribution >= 4 is 11.3 Å². The number of rotatable bonds is 8. The van der Waals surface area contributed by atoms with E-state index in [0.717, 1.165) is 32.2 Å². The summed E-state index contributed by atoms with van der Waals surface area (Å²) in [5.41, 5.74) is 4.05. The number of hydrogen-bond acceptors (Lipinski definition) is 3. The fourth-order valence-electron chi connectivity index (χ4n) is 2.55. The van der Waals surface area contributed by atoms with Crippen molar-refractivity contribution in [2.45, 2.75) is 45.6 Å². The molecule has 4 heteroatoms. The Morgan fingerprint density at radius 3 is 2.90 bits per heavy atom. The number of nitrogens with zero attached hydrogens (tertiary/aromatic N) is 2. The van der Waals surface area contributed by atoms with Crippen LogP contribution >= 0.6 is 11.3 Å². The lowest BCUT2D eigenvalue weighted by atomic mass is 9.99. The maximum atomic E-state index is 4.58. The normalized spacial score (nSPS) is 12.8. The average molecular weight is 291 g/mol. The van der Waals surface area contributed by atoms with Crippen LogP contribution in [0.3, 0.4) is 0 Å². The van der Waals surface area contributed by atoms with E-state index in [1.807, 2.05) is 11.7 Å². The molecule has 0 fully saturated rings. The van der Waals surface area contributed by atoms with Gasteiger partial charge in [-0.3, -0.25) is 4.68 Å². The number of aromatic nitrogens is 2. The molecule has 2 aromatic rings. The standard InChI is InChI=1S/C16H25N3S/c1-4-9-17-16(7-6-13-8-10-20-12-13)14-11-19(3)18-15(14)5-2/h8,10-12,16-17H,4-7,9H2,1-3H3. The zero-order chi connectivity index (χ0) is 14.4. The Balaban J connectivity index is 2.09. The van der Waals surface area contributed by atoms with Crippen LogP contribution < -0.4 is 5.32 Å². The highest BCUT2D eigenvalue weighted by Crippen LogP contribution is 2.23. The second kappa shape index (κ2) is 7.60. The third-order valence-electron chi connectivity index (χ3n) is 3.59. The van der Waals surface area contributed by atoms with Gasteiger partial charge in [-0.2, -0.15) is 16.4 Å². The predicted octanol–water partition coefficient (Wildman–Crippen LogP) is 3.72. The zero-order valence-corrected chi connectivity index (χ0v) is 13.5. The van der Waals surface area contributed by atoms with E-state index in [4.69, 9.17) is 0 Å². The van der Waals surface area contributed by atoms with E-state index in [0.29, 0.717) is 6.04 Å². The summed E-state index contributed by atoms with van der Waals surface area (Å²) in [4.78, 5) is 0. The van der Waals surface area contributed by atoms with Crippen LogP contribution in [0.15, 0.2) is 23.0 Å².